The van der Waals surface area contributed by atoms with E-state index < -0.39 is 0 Å². The van der Waals surface area contributed by atoms with Crippen LogP contribution in [0.3, 0.4) is 0 Å². The molecule has 0 spiro atoms. The van der Waals surface area contributed by atoms with E-state index in [9.17, 15) is 4.39 Å². The molecule has 3 rings (SSSR count). The Balaban J connectivity index is 1.97. The number of fused-ring (bicyclic) bond motifs is 1. The second kappa shape index (κ2) is 4.97. The summed E-state index contributed by atoms with van der Waals surface area (Å²) < 4.78 is 17.0. The smallest absolute Gasteiger partial charge is 0.125 e. The van der Waals surface area contributed by atoms with Crippen LogP contribution in [0, 0.1) is 5.82 Å². The van der Waals surface area contributed by atoms with Crippen molar-refractivity contribution in [3.8, 4) is 0 Å². The Morgan fingerprint density at radius 3 is 2.89 bits per heavy atom. The molecular weight excluding hydrogens is 269 g/mol. The van der Waals surface area contributed by atoms with Gasteiger partial charge in [0.25, 0.3) is 0 Å². The number of halogens is 2. The maximum absolute atomic E-state index is 13.3. The summed E-state index contributed by atoms with van der Waals surface area (Å²) in [6.07, 6.45) is 3.40. The summed E-state index contributed by atoms with van der Waals surface area (Å²) in [6.45, 7) is 1.25. The van der Waals surface area contributed by atoms with Crippen molar-refractivity contribution in [3.05, 3.63) is 42.2 Å². The second-order valence-electron chi connectivity index (χ2n) is 4.11. The fraction of sp³-hybridized carbons (Fsp3) is 0.250. The monoisotopic (exact) mass is 279 g/mol. The summed E-state index contributed by atoms with van der Waals surface area (Å²) in [6, 6.07) is 4.53. The van der Waals surface area contributed by atoms with Gasteiger partial charge in [-0.05, 0) is 18.2 Å². The van der Waals surface area contributed by atoms with Gasteiger partial charge >= 0.3 is 0 Å². The predicted octanol–water partition coefficient (Wildman–Crippen LogP) is 2.21. The predicted molar refractivity (Wildman–Crippen MR) is 69.3 cm³/mol. The fourth-order valence-corrected chi connectivity index (χ4v) is 2.26. The molecule has 2 heterocycles. The summed E-state index contributed by atoms with van der Waals surface area (Å²) in [7, 11) is 0. The maximum Gasteiger partial charge on any atom is 0.125 e. The summed E-state index contributed by atoms with van der Waals surface area (Å²) >= 11 is 5.89. The zero-order chi connectivity index (χ0) is 13.2. The van der Waals surface area contributed by atoms with Gasteiger partial charge in [0.2, 0.25) is 0 Å². The van der Waals surface area contributed by atoms with Crippen molar-refractivity contribution >= 4 is 22.6 Å². The van der Waals surface area contributed by atoms with Crippen LogP contribution in [0.4, 0.5) is 4.39 Å². The molecule has 0 aliphatic heterocycles. The van der Waals surface area contributed by atoms with E-state index in [0.717, 1.165) is 16.9 Å². The van der Waals surface area contributed by atoms with E-state index in [2.05, 4.69) is 15.3 Å². The maximum atomic E-state index is 13.3. The van der Waals surface area contributed by atoms with Crippen LogP contribution in [0.5, 0.6) is 0 Å². The molecule has 1 aromatic carbocycles. The number of rotatable bonds is 4. The molecule has 5 nitrogen and oxygen atoms in total. The Morgan fingerprint density at radius 1 is 1.26 bits per heavy atom. The van der Waals surface area contributed by atoms with Crippen molar-refractivity contribution in [2.45, 2.75) is 19.0 Å². The molecule has 0 N–H and O–H groups in total. The minimum absolute atomic E-state index is 0.282. The topological polar surface area (TPSA) is 48.5 Å². The summed E-state index contributed by atoms with van der Waals surface area (Å²) in [5.74, 6) is 0.728. The molecule has 0 amide bonds. The average molecular weight is 280 g/mol. The van der Waals surface area contributed by atoms with E-state index in [0.29, 0.717) is 13.1 Å². The van der Waals surface area contributed by atoms with Crippen molar-refractivity contribution in [1.82, 2.24) is 24.5 Å². The molecule has 19 heavy (non-hydrogen) atoms. The lowest BCUT2D eigenvalue weighted by atomic mass is 10.3. The quantitative estimate of drug-likeness (QED) is 0.688. The van der Waals surface area contributed by atoms with E-state index in [1.165, 1.54) is 12.1 Å². The van der Waals surface area contributed by atoms with Gasteiger partial charge in [-0.25, -0.2) is 9.37 Å². The number of aromatic nitrogens is 5. The third-order valence-corrected chi connectivity index (χ3v) is 3.17. The number of benzene rings is 1. The van der Waals surface area contributed by atoms with Gasteiger partial charge in [0.1, 0.15) is 11.6 Å². The standard InChI is InChI=1S/C12H11ClFN5/c13-8-12-16-10-2-1-9(14)7-11(10)19(12)6-5-18-4-3-15-17-18/h1-4,7H,5-6,8H2. The molecule has 0 fully saturated rings. The van der Waals surface area contributed by atoms with E-state index in [1.807, 2.05) is 4.57 Å². The lowest BCUT2D eigenvalue weighted by Crippen LogP contribution is -2.10. The number of nitrogens with zero attached hydrogens (tertiary/aromatic N) is 5. The van der Waals surface area contributed by atoms with Gasteiger partial charge in [-0.2, -0.15) is 0 Å². The zero-order valence-electron chi connectivity index (χ0n) is 10.0. The first-order valence-corrected chi connectivity index (χ1v) is 6.36. The van der Waals surface area contributed by atoms with E-state index in [1.54, 1.807) is 23.1 Å². The number of alkyl halides is 1. The fourth-order valence-electron chi connectivity index (χ4n) is 2.05. The summed E-state index contributed by atoms with van der Waals surface area (Å²) in [5.41, 5.74) is 1.49. The minimum Gasteiger partial charge on any atom is -0.325 e. The number of imidazole rings is 1. The van der Waals surface area contributed by atoms with Crippen LogP contribution >= 0.6 is 11.6 Å². The number of aryl methyl sites for hydroxylation is 2. The second-order valence-corrected chi connectivity index (χ2v) is 4.38. The third-order valence-electron chi connectivity index (χ3n) is 2.93. The van der Waals surface area contributed by atoms with Gasteiger partial charge in [0, 0.05) is 12.7 Å². The molecule has 98 valence electrons. The van der Waals surface area contributed by atoms with Gasteiger partial charge in [-0.1, -0.05) is 5.21 Å². The van der Waals surface area contributed by atoms with Crippen LogP contribution in [-0.4, -0.2) is 24.5 Å². The van der Waals surface area contributed by atoms with E-state index >= 15 is 0 Å². The van der Waals surface area contributed by atoms with Crippen LogP contribution in [0.15, 0.2) is 30.6 Å². The largest absolute Gasteiger partial charge is 0.325 e. The molecular formula is C12H11ClFN5. The highest BCUT2D eigenvalue weighted by Crippen LogP contribution is 2.19. The highest BCUT2D eigenvalue weighted by Gasteiger charge is 2.10. The molecule has 0 bridgehead atoms. The Hall–Kier alpha value is -1.95. The first-order chi connectivity index (χ1) is 9.28. The van der Waals surface area contributed by atoms with Crippen LogP contribution in [0.1, 0.15) is 5.82 Å². The zero-order valence-corrected chi connectivity index (χ0v) is 10.8. The van der Waals surface area contributed by atoms with Gasteiger partial charge < -0.3 is 4.57 Å². The van der Waals surface area contributed by atoms with Crippen molar-refractivity contribution in [2.24, 2.45) is 0 Å². The molecule has 0 saturated heterocycles. The van der Waals surface area contributed by atoms with Crippen LogP contribution < -0.4 is 0 Å². The molecule has 0 saturated carbocycles. The molecule has 0 unspecified atom stereocenters. The lowest BCUT2D eigenvalue weighted by molar-refractivity contribution is 0.518. The molecule has 0 atom stereocenters. The first kappa shape index (κ1) is 12.1. The van der Waals surface area contributed by atoms with Crippen LogP contribution in [-0.2, 0) is 19.0 Å². The van der Waals surface area contributed by atoms with Gasteiger partial charge in [-0.15, -0.1) is 16.7 Å². The summed E-state index contributed by atoms with van der Waals surface area (Å²) in [4.78, 5) is 4.39. The lowest BCUT2D eigenvalue weighted by Gasteiger charge is -2.07. The van der Waals surface area contributed by atoms with Gasteiger partial charge in [0.15, 0.2) is 0 Å². The van der Waals surface area contributed by atoms with E-state index in [4.69, 9.17) is 11.6 Å². The average Bonchev–Trinajstić information content (AvgIpc) is 3.03. The Kier molecular flexibility index (Phi) is 3.16. The van der Waals surface area contributed by atoms with E-state index in [-0.39, 0.29) is 11.7 Å². The molecule has 0 aliphatic rings. The Bertz CT molecular complexity index is 692. The van der Waals surface area contributed by atoms with Crippen molar-refractivity contribution in [3.63, 3.8) is 0 Å². The first-order valence-electron chi connectivity index (χ1n) is 5.82. The molecule has 7 heteroatoms. The minimum atomic E-state index is -0.282. The van der Waals surface area contributed by atoms with Crippen LogP contribution in [0.2, 0.25) is 0 Å². The highest BCUT2D eigenvalue weighted by atomic mass is 35.5. The van der Waals surface area contributed by atoms with Gasteiger partial charge in [0.05, 0.1) is 29.7 Å². The normalized spacial score (nSPS) is 11.3. The van der Waals surface area contributed by atoms with Crippen molar-refractivity contribution in [2.75, 3.05) is 0 Å². The Morgan fingerprint density at radius 2 is 2.16 bits per heavy atom. The molecule has 2 aromatic heterocycles. The van der Waals surface area contributed by atoms with Gasteiger partial charge in [-0.3, -0.25) is 4.68 Å². The summed E-state index contributed by atoms with van der Waals surface area (Å²) in [5, 5.41) is 7.64. The number of hydrogen-bond donors (Lipinski definition) is 0. The van der Waals surface area contributed by atoms with Crippen molar-refractivity contribution < 1.29 is 4.39 Å². The highest BCUT2D eigenvalue weighted by molar-refractivity contribution is 6.16. The molecule has 0 aliphatic carbocycles. The molecule has 0 radical (unpaired) electrons. The SMILES string of the molecule is Fc1ccc2nc(CCl)n(CCn3ccnn3)c2c1. The number of hydrogen-bond acceptors (Lipinski definition) is 3. The third kappa shape index (κ3) is 2.31. The Labute approximate surface area is 113 Å². The molecule has 3 aromatic rings. The van der Waals surface area contributed by atoms with Crippen molar-refractivity contribution in [1.29, 1.82) is 0 Å². The van der Waals surface area contributed by atoms with Crippen LogP contribution in [0.25, 0.3) is 11.0 Å².